The molecular weight excluding hydrogens is 598 g/mol. The highest BCUT2D eigenvalue weighted by molar-refractivity contribution is 7.86. The molecule has 0 aliphatic carbocycles. The predicted molar refractivity (Wildman–Crippen MR) is 158 cm³/mol. The molecule has 0 fully saturated rings. The maximum Gasteiger partial charge on any atom is 0.296 e. The van der Waals surface area contributed by atoms with Crippen molar-refractivity contribution in [3.05, 3.63) is 65.2 Å². The van der Waals surface area contributed by atoms with Crippen LogP contribution in [0.4, 0.5) is 11.4 Å². The molecule has 3 rings (SSSR count). The van der Waals surface area contributed by atoms with E-state index < -0.39 is 40.1 Å². The monoisotopic (exact) mass is 631 g/mol. The second kappa shape index (κ2) is 13.2. The van der Waals surface area contributed by atoms with Crippen molar-refractivity contribution >= 4 is 63.9 Å². The fraction of sp³-hybridized carbons (Fsp3) is 0.167. The quantitative estimate of drug-likeness (QED) is 0.143. The summed E-state index contributed by atoms with van der Waals surface area (Å²) >= 11 is 0. The zero-order valence-electron chi connectivity index (χ0n) is 22.4. The lowest BCUT2D eigenvalue weighted by Gasteiger charge is -2.08. The molecule has 0 spiro atoms. The molecule has 0 unspecified atom stereocenters. The van der Waals surface area contributed by atoms with E-state index in [0.29, 0.717) is 39.3 Å². The lowest BCUT2D eigenvalue weighted by molar-refractivity contribution is 0.481. The maximum atomic E-state index is 11.1. The van der Waals surface area contributed by atoms with E-state index in [1.165, 1.54) is 24.3 Å². The molecule has 0 aromatic heterocycles. The Morgan fingerprint density at radius 2 is 1.10 bits per heavy atom. The van der Waals surface area contributed by atoms with Crippen molar-refractivity contribution in [1.82, 2.24) is 0 Å². The standard InChI is InChI=1S/C11H16N2O3S.C10H10N2O6S2.C3H7N/c1-3-11(13)9-5-4-8(17(14,15)16)6-10(9)7(2)12;11-7-1-5-2-8(12)10(20(16,17)18)4-6(5)3-9(7)19(13,14)15;1-3(2)4/h4-6H,3,12-13H2,1-2H3,(H,14,15,16);1-4H,11-12H2,(H,13,14,15)(H,16,17,18);1,4H2,2H3/b10-7+,11-9+;;. The van der Waals surface area contributed by atoms with Gasteiger partial charge in [-0.2, -0.15) is 25.3 Å². The van der Waals surface area contributed by atoms with Gasteiger partial charge in [0.2, 0.25) is 0 Å². The summed E-state index contributed by atoms with van der Waals surface area (Å²) in [5, 5.41) is 1.72. The Balaban J connectivity index is 0.000000367. The summed E-state index contributed by atoms with van der Waals surface area (Å²) < 4.78 is 93.6. The van der Waals surface area contributed by atoms with Crippen molar-refractivity contribution in [2.75, 3.05) is 11.5 Å². The van der Waals surface area contributed by atoms with E-state index in [-0.39, 0.29) is 21.7 Å². The number of nitrogens with two attached hydrogens (primary N) is 5. The Labute approximate surface area is 238 Å². The van der Waals surface area contributed by atoms with Crippen LogP contribution in [0.25, 0.3) is 22.2 Å². The highest BCUT2D eigenvalue weighted by Gasteiger charge is 2.19. The van der Waals surface area contributed by atoms with Crippen molar-refractivity contribution in [3.63, 3.8) is 0 Å². The summed E-state index contributed by atoms with van der Waals surface area (Å²) in [5.41, 5.74) is 28.7. The number of rotatable bonds is 4. The van der Waals surface area contributed by atoms with Gasteiger partial charge >= 0.3 is 0 Å². The van der Waals surface area contributed by atoms with Crippen molar-refractivity contribution < 1.29 is 38.9 Å². The molecule has 0 atom stereocenters. The van der Waals surface area contributed by atoms with E-state index in [1.807, 2.05) is 6.92 Å². The third-order valence-corrected chi connectivity index (χ3v) is 7.76. The molecule has 0 heterocycles. The van der Waals surface area contributed by atoms with Crippen molar-refractivity contribution in [3.8, 4) is 0 Å². The van der Waals surface area contributed by atoms with Crippen molar-refractivity contribution in [2.24, 2.45) is 17.2 Å². The fourth-order valence-electron chi connectivity index (χ4n) is 3.27. The summed E-state index contributed by atoms with van der Waals surface area (Å²) in [6, 6.07) is 8.61. The van der Waals surface area contributed by atoms with Gasteiger partial charge in [0.05, 0.1) is 16.3 Å². The van der Waals surface area contributed by atoms with E-state index in [1.54, 1.807) is 19.9 Å². The number of anilines is 2. The Kier molecular flexibility index (Phi) is 11.3. The fourth-order valence-corrected chi connectivity index (χ4v) is 5.04. The number of hydrogen-bond donors (Lipinski definition) is 8. The zero-order chi connectivity index (χ0) is 32.1. The van der Waals surface area contributed by atoms with Gasteiger partial charge in [-0.05, 0) is 73.1 Å². The number of allylic oxidation sites excluding steroid dienone is 1. The number of nitrogen functional groups attached to an aromatic ring is 2. The van der Waals surface area contributed by atoms with Gasteiger partial charge < -0.3 is 28.7 Å². The van der Waals surface area contributed by atoms with Gasteiger partial charge in [0.25, 0.3) is 30.4 Å². The SMILES string of the molecule is C=C(C)N.CC/C(N)=c1/ccc(S(=O)(=O)O)c/c1=C(/C)N.Nc1cc2cc(N)c(S(=O)(=O)O)cc2cc1S(=O)(=O)O. The molecule has 0 saturated heterocycles. The predicted octanol–water partition coefficient (Wildman–Crippen LogP) is 0.473. The molecule has 0 saturated carbocycles. The normalized spacial score (nSPS) is 13.2. The molecule has 41 heavy (non-hydrogen) atoms. The lowest BCUT2D eigenvalue weighted by atomic mass is 10.1. The number of fused-ring (bicyclic) bond motifs is 1. The average Bonchev–Trinajstić information content (AvgIpc) is 2.80. The Morgan fingerprint density at radius 3 is 1.41 bits per heavy atom. The minimum absolute atomic E-state index is 0.133. The molecule has 0 bridgehead atoms. The molecule has 3 aromatic rings. The first-order chi connectivity index (χ1) is 18.5. The van der Waals surface area contributed by atoms with Crippen LogP contribution < -0.4 is 39.1 Å². The van der Waals surface area contributed by atoms with E-state index in [4.69, 9.17) is 42.3 Å². The van der Waals surface area contributed by atoms with Gasteiger partial charge in [-0.15, -0.1) is 0 Å². The second-order valence-electron chi connectivity index (χ2n) is 8.67. The summed E-state index contributed by atoms with van der Waals surface area (Å²) in [4.78, 5) is -1.31. The molecule has 226 valence electrons. The van der Waals surface area contributed by atoms with Gasteiger partial charge in [-0.3, -0.25) is 13.7 Å². The van der Waals surface area contributed by atoms with E-state index in [2.05, 4.69) is 6.58 Å². The average molecular weight is 632 g/mol. The minimum Gasteiger partial charge on any atom is -0.403 e. The van der Waals surface area contributed by atoms with Crippen LogP contribution in [0.1, 0.15) is 27.2 Å². The first kappa shape index (κ1) is 35.2. The largest absolute Gasteiger partial charge is 0.403 e. The summed E-state index contributed by atoms with van der Waals surface area (Å²) in [7, 11) is -13.3. The third kappa shape index (κ3) is 9.92. The maximum absolute atomic E-state index is 11.1. The molecule has 14 nitrogen and oxygen atoms in total. The van der Waals surface area contributed by atoms with Gasteiger partial charge in [0.1, 0.15) is 9.79 Å². The van der Waals surface area contributed by atoms with Gasteiger partial charge in [-0.25, -0.2) is 0 Å². The number of benzene rings is 3. The van der Waals surface area contributed by atoms with Crippen LogP contribution in [-0.2, 0) is 30.4 Å². The first-order valence-electron chi connectivity index (χ1n) is 11.3. The molecule has 0 aliphatic rings. The van der Waals surface area contributed by atoms with E-state index in [0.717, 1.165) is 12.1 Å². The Hall–Kier alpha value is -3.87. The van der Waals surface area contributed by atoms with Gasteiger partial charge in [-0.1, -0.05) is 19.6 Å². The molecule has 0 aliphatic heterocycles. The lowest BCUT2D eigenvalue weighted by Crippen LogP contribution is -2.33. The van der Waals surface area contributed by atoms with Crippen LogP contribution in [0.2, 0.25) is 0 Å². The van der Waals surface area contributed by atoms with Crippen LogP contribution in [-0.4, -0.2) is 38.9 Å². The Morgan fingerprint density at radius 1 is 0.707 bits per heavy atom. The summed E-state index contributed by atoms with van der Waals surface area (Å²) in [6.07, 6.45) is 0.630. The van der Waals surface area contributed by atoms with Crippen LogP contribution in [0, 0.1) is 0 Å². The van der Waals surface area contributed by atoms with Gasteiger partial charge in [0, 0.05) is 21.8 Å². The first-order valence-corrected chi connectivity index (χ1v) is 15.6. The van der Waals surface area contributed by atoms with Crippen LogP contribution >= 0.6 is 0 Å². The summed E-state index contributed by atoms with van der Waals surface area (Å²) in [5.74, 6) is 0. The minimum atomic E-state index is -4.55. The summed E-state index contributed by atoms with van der Waals surface area (Å²) in [6.45, 7) is 8.62. The molecule has 0 amide bonds. The van der Waals surface area contributed by atoms with E-state index in [9.17, 15) is 25.3 Å². The van der Waals surface area contributed by atoms with Crippen molar-refractivity contribution in [1.29, 1.82) is 0 Å². The molecule has 13 N–H and O–H groups in total. The molecule has 0 radical (unpaired) electrons. The highest BCUT2D eigenvalue weighted by atomic mass is 32.2. The molecular formula is C24H33N5O9S3. The van der Waals surface area contributed by atoms with Gasteiger partial charge in [0.15, 0.2) is 0 Å². The van der Waals surface area contributed by atoms with Crippen LogP contribution in [0.5, 0.6) is 0 Å². The molecule has 17 heteroatoms. The Bertz CT molecular complexity index is 1860. The second-order valence-corrected chi connectivity index (χ2v) is 12.9. The van der Waals surface area contributed by atoms with E-state index >= 15 is 0 Å². The smallest absolute Gasteiger partial charge is 0.296 e. The van der Waals surface area contributed by atoms with Crippen molar-refractivity contribution in [2.45, 2.75) is 41.9 Å². The van der Waals surface area contributed by atoms with Crippen LogP contribution in [0.3, 0.4) is 0 Å². The van der Waals surface area contributed by atoms with Crippen LogP contribution in [0.15, 0.2) is 69.4 Å². The zero-order valence-corrected chi connectivity index (χ0v) is 24.8. The topological polar surface area (TPSA) is 293 Å². The number of hydrogen-bond acceptors (Lipinski definition) is 11. The molecule has 3 aromatic carbocycles. The highest BCUT2D eigenvalue weighted by Crippen LogP contribution is 2.30. The third-order valence-electron chi connectivity index (χ3n) is 5.09.